The van der Waals surface area contributed by atoms with Crippen LogP contribution in [0.2, 0.25) is 0 Å². The summed E-state index contributed by atoms with van der Waals surface area (Å²) in [5.74, 6) is 1.49. The van der Waals surface area contributed by atoms with Crippen molar-refractivity contribution in [3.8, 4) is 6.07 Å². The van der Waals surface area contributed by atoms with Crippen molar-refractivity contribution in [1.29, 1.82) is 5.26 Å². The van der Waals surface area contributed by atoms with Gasteiger partial charge in [0.1, 0.15) is 5.82 Å². The van der Waals surface area contributed by atoms with Gasteiger partial charge in [-0.1, -0.05) is 0 Å². The van der Waals surface area contributed by atoms with Gasteiger partial charge in [-0.25, -0.2) is 4.98 Å². The second-order valence-electron chi connectivity index (χ2n) is 7.98. The van der Waals surface area contributed by atoms with Crippen molar-refractivity contribution >= 4 is 29.0 Å². The zero-order chi connectivity index (χ0) is 21.1. The molecule has 1 aliphatic carbocycles. The summed E-state index contributed by atoms with van der Waals surface area (Å²) < 4.78 is 0. The lowest BCUT2D eigenvalue weighted by molar-refractivity contribution is -0.124. The summed E-state index contributed by atoms with van der Waals surface area (Å²) in [6.07, 6.45) is 5.98. The number of fused-ring (bicyclic) bond motifs is 1. The van der Waals surface area contributed by atoms with E-state index in [9.17, 15) is 10.1 Å². The molecule has 2 heterocycles. The van der Waals surface area contributed by atoms with Crippen LogP contribution in [0.5, 0.6) is 0 Å². The van der Waals surface area contributed by atoms with Crippen molar-refractivity contribution in [3.63, 3.8) is 0 Å². The lowest BCUT2D eigenvalue weighted by atomic mass is 9.93. The van der Waals surface area contributed by atoms with Crippen LogP contribution < -0.4 is 21.3 Å². The third kappa shape index (κ3) is 4.15. The van der Waals surface area contributed by atoms with Crippen LogP contribution in [0.1, 0.15) is 42.5 Å². The number of amides is 1. The van der Waals surface area contributed by atoms with Crippen LogP contribution in [0.25, 0.3) is 0 Å². The fraction of sp³-hybridized carbons (Fsp3) is 0.455. The molecule has 1 amide bonds. The Kier molecular flexibility index (Phi) is 5.70. The molecular weight excluding hydrogens is 378 g/mol. The number of carbonyl (C=O) groups excluding carboxylic acids is 1. The lowest BCUT2D eigenvalue weighted by Crippen LogP contribution is -2.43. The first kappa shape index (κ1) is 20.0. The lowest BCUT2D eigenvalue weighted by Gasteiger charge is -2.35. The number of aryl methyl sites for hydroxylation is 1. The number of nitrogen functional groups attached to an aromatic ring is 1. The van der Waals surface area contributed by atoms with Crippen LogP contribution in [0.15, 0.2) is 18.2 Å². The smallest absolute Gasteiger partial charge is 0.229 e. The number of hydrogen-bond acceptors (Lipinski definition) is 7. The molecule has 0 saturated carbocycles. The summed E-state index contributed by atoms with van der Waals surface area (Å²) in [6, 6.07) is 7.26. The standard InChI is InChI=1S/C22H27N7O/c1-25-21(30)15-5-4-8-29(13-15)20-18-6-2-3-7-19(18)27-22(28-20)26-17-10-14(12-23)9-16(24)11-17/h9-11,15H,2-8,13,24H2,1H3,(H,25,30)(H,26,27,28). The first-order chi connectivity index (χ1) is 14.6. The van der Waals surface area contributed by atoms with E-state index in [2.05, 4.69) is 21.6 Å². The molecule has 1 fully saturated rings. The van der Waals surface area contributed by atoms with Crippen molar-refractivity contribution in [1.82, 2.24) is 15.3 Å². The highest BCUT2D eigenvalue weighted by Gasteiger charge is 2.29. The number of carbonyl (C=O) groups is 1. The van der Waals surface area contributed by atoms with E-state index in [0.717, 1.165) is 56.6 Å². The molecule has 1 aromatic carbocycles. The maximum Gasteiger partial charge on any atom is 0.229 e. The second kappa shape index (κ2) is 8.57. The summed E-state index contributed by atoms with van der Waals surface area (Å²) in [6.45, 7) is 1.55. The van der Waals surface area contributed by atoms with E-state index in [-0.39, 0.29) is 11.8 Å². The van der Waals surface area contributed by atoms with Gasteiger partial charge in [0, 0.05) is 37.1 Å². The zero-order valence-corrected chi connectivity index (χ0v) is 17.2. The molecule has 1 aliphatic heterocycles. The number of nitrogens with zero attached hydrogens (tertiary/aromatic N) is 4. The SMILES string of the molecule is CNC(=O)C1CCCN(c2nc(Nc3cc(N)cc(C#N)c3)nc3c2CCCC3)C1. The first-order valence-electron chi connectivity index (χ1n) is 10.5. The molecule has 1 saturated heterocycles. The molecule has 4 N–H and O–H groups in total. The fourth-order valence-electron chi connectivity index (χ4n) is 4.40. The number of nitrogens with one attached hydrogen (secondary N) is 2. The van der Waals surface area contributed by atoms with Crippen molar-refractivity contribution in [3.05, 3.63) is 35.0 Å². The van der Waals surface area contributed by atoms with E-state index in [0.29, 0.717) is 29.4 Å². The molecule has 0 spiro atoms. The predicted molar refractivity (Wildman–Crippen MR) is 117 cm³/mol. The average Bonchev–Trinajstić information content (AvgIpc) is 2.77. The third-order valence-electron chi connectivity index (χ3n) is 5.84. The molecule has 0 bridgehead atoms. The quantitative estimate of drug-likeness (QED) is 0.669. The van der Waals surface area contributed by atoms with Gasteiger partial charge in [0.2, 0.25) is 11.9 Å². The minimum absolute atomic E-state index is 0.0264. The monoisotopic (exact) mass is 405 g/mol. The molecule has 4 rings (SSSR count). The molecule has 156 valence electrons. The normalized spacial score (nSPS) is 18.3. The molecule has 2 aliphatic rings. The van der Waals surface area contributed by atoms with E-state index >= 15 is 0 Å². The maximum atomic E-state index is 12.2. The van der Waals surface area contributed by atoms with Gasteiger partial charge in [-0.2, -0.15) is 10.2 Å². The largest absolute Gasteiger partial charge is 0.399 e. The number of nitriles is 1. The van der Waals surface area contributed by atoms with Gasteiger partial charge in [-0.3, -0.25) is 4.79 Å². The summed E-state index contributed by atoms with van der Waals surface area (Å²) in [5.41, 5.74) is 9.89. The van der Waals surface area contributed by atoms with E-state index in [1.54, 1.807) is 25.2 Å². The Hall–Kier alpha value is -3.34. The Morgan fingerprint density at radius 2 is 2.07 bits per heavy atom. The van der Waals surface area contributed by atoms with E-state index in [1.165, 1.54) is 5.56 Å². The number of rotatable bonds is 4. The van der Waals surface area contributed by atoms with Crippen molar-refractivity contribution in [2.75, 3.05) is 36.1 Å². The molecule has 0 radical (unpaired) electrons. The fourth-order valence-corrected chi connectivity index (χ4v) is 4.40. The highest BCUT2D eigenvalue weighted by molar-refractivity contribution is 5.79. The number of piperidine rings is 1. The number of nitrogens with two attached hydrogens (primary N) is 1. The molecule has 30 heavy (non-hydrogen) atoms. The van der Waals surface area contributed by atoms with Crippen LogP contribution in [0, 0.1) is 17.2 Å². The van der Waals surface area contributed by atoms with Gasteiger partial charge in [0.15, 0.2) is 0 Å². The van der Waals surface area contributed by atoms with Gasteiger partial charge in [-0.05, 0) is 56.7 Å². The highest BCUT2D eigenvalue weighted by Crippen LogP contribution is 2.32. The molecule has 2 aromatic rings. The molecular formula is C22H27N7O. The van der Waals surface area contributed by atoms with Crippen LogP contribution in [-0.4, -0.2) is 36.0 Å². The maximum absolute atomic E-state index is 12.2. The van der Waals surface area contributed by atoms with Crippen molar-refractivity contribution in [2.45, 2.75) is 38.5 Å². The highest BCUT2D eigenvalue weighted by atomic mass is 16.1. The molecule has 8 nitrogen and oxygen atoms in total. The Morgan fingerprint density at radius 1 is 1.23 bits per heavy atom. The summed E-state index contributed by atoms with van der Waals surface area (Å²) in [5, 5.41) is 15.2. The van der Waals surface area contributed by atoms with Crippen molar-refractivity contribution < 1.29 is 4.79 Å². The summed E-state index contributed by atoms with van der Waals surface area (Å²) in [4.78, 5) is 24.1. The molecule has 1 aromatic heterocycles. The Labute approximate surface area is 176 Å². The topological polar surface area (TPSA) is 120 Å². The number of benzene rings is 1. The van der Waals surface area contributed by atoms with E-state index in [1.807, 2.05) is 0 Å². The van der Waals surface area contributed by atoms with Crippen LogP contribution >= 0.6 is 0 Å². The van der Waals surface area contributed by atoms with Crippen LogP contribution in [0.4, 0.5) is 23.1 Å². The van der Waals surface area contributed by atoms with Gasteiger partial charge >= 0.3 is 0 Å². The number of aromatic nitrogens is 2. The Balaban J connectivity index is 1.68. The summed E-state index contributed by atoms with van der Waals surface area (Å²) >= 11 is 0. The van der Waals surface area contributed by atoms with Gasteiger partial charge in [0.25, 0.3) is 0 Å². The van der Waals surface area contributed by atoms with E-state index < -0.39 is 0 Å². The average molecular weight is 406 g/mol. The third-order valence-corrected chi connectivity index (χ3v) is 5.84. The van der Waals surface area contributed by atoms with Gasteiger partial charge < -0.3 is 21.3 Å². The molecule has 1 atom stereocenters. The number of hydrogen-bond donors (Lipinski definition) is 3. The summed E-state index contributed by atoms with van der Waals surface area (Å²) in [7, 11) is 1.69. The predicted octanol–water partition coefficient (Wildman–Crippen LogP) is 2.52. The molecule has 1 unspecified atom stereocenters. The zero-order valence-electron chi connectivity index (χ0n) is 17.2. The second-order valence-corrected chi connectivity index (χ2v) is 7.98. The number of anilines is 4. The van der Waals surface area contributed by atoms with Crippen molar-refractivity contribution in [2.24, 2.45) is 5.92 Å². The Bertz CT molecular complexity index is 998. The van der Waals surface area contributed by atoms with Crippen LogP contribution in [-0.2, 0) is 17.6 Å². The van der Waals surface area contributed by atoms with E-state index in [4.69, 9.17) is 15.7 Å². The Morgan fingerprint density at radius 3 is 2.87 bits per heavy atom. The minimum Gasteiger partial charge on any atom is -0.399 e. The van der Waals surface area contributed by atoms with Crippen LogP contribution in [0.3, 0.4) is 0 Å². The molecule has 8 heteroatoms. The van der Waals surface area contributed by atoms with Gasteiger partial charge in [-0.15, -0.1) is 0 Å². The van der Waals surface area contributed by atoms with Gasteiger partial charge in [0.05, 0.1) is 23.2 Å². The first-order valence-corrected chi connectivity index (χ1v) is 10.5. The minimum atomic E-state index is -0.0264.